The van der Waals surface area contributed by atoms with Crippen molar-refractivity contribution in [3.8, 4) is 0 Å². The van der Waals surface area contributed by atoms with Gasteiger partial charge in [0.2, 0.25) is 11.8 Å². The number of anilines is 1. The number of hydrogen-bond donors (Lipinski definition) is 2. The molecule has 2 fully saturated rings. The lowest BCUT2D eigenvalue weighted by atomic mass is 9.84. The first kappa shape index (κ1) is 21.8. The monoisotopic (exact) mass is 403 g/mol. The van der Waals surface area contributed by atoms with Crippen molar-refractivity contribution >= 4 is 17.6 Å². The molecule has 162 valence electrons. The van der Waals surface area contributed by atoms with Crippen LogP contribution in [0.4, 0.5) is 5.82 Å². The van der Waals surface area contributed by atoms with Gasteiger partial charge >= 0.3 is 0 Å². The molecule has 0 bridgehead atoms. The summed E-state index contributed by atoms with van der Waals surface area (Å²) in [6.07, 6.45) is 12.2. The van der Waals surface area contributed by atoms with Crippen LogP contribution in [0.2, 0.25) is 0 Å². The van der Waals surface area contributed by atoms with Gasteiger partial charge in [-0.05, 0) is 58.5 Å². The van der Waals surface area contributed by atoms with E-state index in [2.05, 4.69) is 20.6 Å². The first-order valence-corrected chi connectivity index (χ1v) is 11.3. The predicted octanol–water partition coefficient (Wildman–Crippen LogP) is 3.03. The second kappa shape index (κ2) is 10.8. The molecule has 2 amide bonds. The van der Waals surface area contributed by atoms with Gasteiger partial charge in [-0.2, -0.15) is 5.10 Å². The number of aromatic nitrogens is 2. The van der Waals surface area contributed by atoms with Gasteiger partial charge in [-0.3, -0.25) is 14.3 Å². The highest BCUT2D eigenvalue weighted by Gasteiger charge is 2.28. The summed E-state index contributed by atoms with van der Waals surface area (Å²) in [4.78, 5) is 27.0. The number of nitrogens with one attached hydrogen (secondary N) is 2. The molecule has 2 saturated carbocycles. The first-order chi connectivity index (χ1) is 14.0. The number of rotatable bonds is 8. The Bertz CT molecular complexity index is 658. The number of carbonyl (C=O) groups excluding carboxylic acids is 2. The molecule has 0 spiro atoms. The summed E-state index contributed by atoms with van der Waals surface area (Å²) in [5, 5.41) is 10.6. The van der Waals surface area contributed by atoms with Crippen molar-refractivity contribution in [3.05, 3.63) is 12.3 Å². The van der Waals surface area contributed by atoms with Crippen molar-refractivity contribution in [1.29, 1.82) is 0 Å². The van der Waals surface area contributed by atoms with Crippen molar-refractivity contribution in [1.82, 2.24) is 20.0 Å². The standard InChI is InChI=1S/C22H37N5O2/c1-26(2)14-15-27-13-12-20(25-27)24-22(29)18-8-10-19(11-9-18)23-21(28)16-17-6-4-3-5-7-17/h12-13,17-19H,3-11,14-16H2,1-2H3,(H,23,28)(H,24,25,29). The van der Waals surface area contributed by atoms with Gasteiger partial charge in [-0.25, -0.2) is 0 Å². The number of carbonyl (C=O) groups is 2. The van der Waals surface area contributed by atoms with Crippen LogP contribution >= 0.6 is 0 Å². The number of likely N-dealkylation sites (N-methyl/N-ethyl adjacent to an activating group) is 1. The normalized spacial score (nSPS) is 23.1. The van der Waals surface area contributed by atoms with E-state index in [9.17, 15) is 9.59 Å². The molecule has 2 aliphatic rings. The van der Waals surface area contributed by atoms with E-state index in [1.807, 2.05) is 31.0 Å². The minimum atomic E-state index is 0.00780. The van der Waals surface area contributed by atoms with Crippen molar-refractivity contribution in [2.45, 2.75) is 76.8 Å². The van der Waals surface area contributed by atoms with Crippen LogP contribution in [0, 0.1) is 11.8 Å². The summed E-state index contributed by atoms with van der Waals surface area (Å²) < 4.78 is 1.86. The zero-order chi connectivity index (χ0) is 20.6. The van der Waals surface area contributed by atoms with Crippen molar-refractivity contribution in [2.75, 3.05) is 26.0 Å². The van der Waals surface area contributed by atoms with E-state index in [4.69, 9.17) is 0 Å². The van der Waals surface area contributed by atoms with Gasteiger partial charge in [0.15, 0.2) is 5.82 Å². The fraction of sp³-hybridized carbons (Fsp3) is 0.773. The van der Waals surface area contributed by atoms with Crippen LogP contribution in [0.1, 0.15) is 64.2 Å². The van der Waals surface area contributed by atoms with E-state index in [0.717, 1.165) is 38.8 Å². The van der Waals surface area contributed by atoms with Gasteiger partial charge in [-0.1, -0.05) is 19.3 Å². The summed E-state index contributed by atoms with van der Waals surface area (Å²) in [7, 11) is 4.06. The van der Waals surface area contributed by atoms with Gasteiger partial charge in [0.05, 0.1) is 6.54 Å². The third-order valence-electron chi connectivity index (χ3n) is 6.33. The summed E-state index contributed by atoms with van der Waals surface area (Å²) >= 11 is 0. The quantitative estimate of drug-likeness (QED) is 0.699. The molecule has 1 aromatic rings. The van der Waals surface area contributed by atoms with Crippen LogP contribution in [0.3, 0.4) is 0 Å². The molecule has 0 aliphatic heterocycles. The maximum atomic E-state index is 12.6. The number of nitrogens with zero attached hydrogens (tertiary/aromatic N) is 3. The Labute approximate surface area is 174 Å². The van der Waals surface area contributed by atoms with Gasteiger partial charge in [0, 0.05) is 37.2 Å². The van der Waals surface area contributed by atoms with E-state index >= 15 is 0 Å². The highest BCUT2D eigenvalue weighted by atomic mass is 16.2. The molecule has 7 heteroatoms. The maximum absolute atomic E-state index is 12.6. The summed E-state index contributed by atoms with van der Waals surface area (Å²) in [5.74, 6) is 1.45. The maximum Gasteiger partial charge on any atom is 0.228 e. The fourth-order valence-electron chi connectivity index (χ4n) is 4.52. The van der Waals surface area contributed by atoms with E-state index in [1.54, 1.807) is 0 Å². The van der Waals surface area contributed by atoms with Gasteiger partial charge in [-0.15, -0.1) is 0 Å². The van der Waals surface area contributed by atoms with Crippen LogP contribution < -0.4 is 10.6 Å². The van der Waals surface area contributed by atoms with Gasteiger partial charge in [0.1, 0.15) is 0 Å². The minimum Gasteiger partial charge on any atom is -0.353 e. The van der Waals surface area contributed by atoms with Crippen molar-refractivity contribution < 1.29 is 9.59 Å². The van der Waals surface area contributed by atoms with Crippen LogP contribution in [-0.4, -0.2) is 53.2 Å². The third kappa shape index (κ3) is 7.14. The lowest BCUT2D eigenvalue weighted by Gasteiger charge is -2.29. The van der Waals surface area contributed by atoms with E-state index in [-0.39, 0.29) is 23.8 Å². The molecular weight excluding hydrogens is 366 g/mol. The Balaban J connectivity index is 1.36. The van der Waals surface area contributed by atoms with Crippen LogP contribution in [0.15, 0.2) is 12.3 Å². The minimum absolute atomic E-state index is 0.00780. The van der Waals surface area contributed by atoms with Crippen molar-refractivity contribution in [3.63, 3.8) is 0 Å². The summed E-state index contributed by atoms with van der Waals surface area (Å²) in [6.45, 7) is 1.71. The molecule has 29 heavy (non-hydrogen) atoms. The van der Waals surface area contributed by atoms with Crippen LogP contribution in [-0.2, 0) is 16.1 Å². The predicted molar refractivity (Wildman–Crippen MR) is 114 cm³/mol. The Morgan fingerprint density at radius 1 is 1.10 bits per heavy atom. The molecule has 1 aromatic heterocycles. The molecule has 7 nitrogen and oxygen atoms in total. The molecule has 2 N–H and O–H groups in total. The van der Waals surface area contributed by atoms with Crippen LogP contribution in [0.5, 0.6) is 0 Å². The zero-order valence-electron chi connectivity index (χ0n) is 18.0. The second-order valence-electron chi connectivity index (χ2n) is 9.08. The Hall–Kier alpha value is -1.89. The third-order valence-corrected chi connectivity index (χ3v) is 6.33. The van der Waals surface area contributed by atoms with Crippen molar-refractivity contribution in [2.24, 2.45) is 11.8 Å². The highest BCUT2D eigenvalue weighted by Crippen LogP contribution is 2.28. The smallest absolute Gasteiger partial charge is 0.228 e. The molecule has 2 aliphatic carbocycles. The average Bonchev–Trinajstić information content (AvgIpc) is 3.15. The molecule has 0 atom stereocenters. The fourth-order valence-corrected chi connectivity index (χ4v) is 4.52. The molecule has 0 radical (unpaired) electrons. The lowest BCUT2D eigenvalue weighted by molar-refractivity contribution is -0.123. The number of amides is 2. The number of hydrogen-bond acceptors (Lipinski definition) is 4. The lowest BCUT2D eigenvalue weighted by Crippen LogP contribution is -2.40. The molecule has 0 saturated heterocycles. The van der Waals surface area contributed by atoms with E-state index in [0.29, 0.717) is 18.2 Å². The molecular formula is C22H37N5O2. The molecule has 0 unspecified atom stereocenters. The summed E-state index contributed by atoms with van der Waals surface area (Å²) in [5.41, 5.74) is 0. The second-order valence-corrected chi connectivity index (χ2v) is 9.08. The summed E-state index contributed by atoms with van der Waals surface area (Å²) in [6, 6.07) is 2.07. The van der Waals surface area contributed by atoms with Gasteiger partial charge < -0.3 is 15.5 Å². The average molecular weight is 404 g/mol. The topological polar surface area (TPSA) is 79.3 Å². The largest absolute Gasteiger partial charge is 0.353 e. The SMILES string of the molecule is CN(C)CCn1ccc(NC(=O)C2CCC(NC(=O)CC3CCCCC3)CC2)n1. The van der Waals surface area contributed by atoms with Gasteiger partial charge in [0.25, 0.3) is 0 Å². The highest BCUT2D eigenvalue weighted by molar-refractivity contribution is 5.91. The van der Waals surface area contributed by atoms with E-state index in [1.165, 1.54) is 32.1 Å². The molecule has 3 rings (SSSR count). The Morgan fingerprint density at radius 2 is 1.83 bits per heavy atom. The first-order valence-electron chi connectivity index (χ1n) is 11.3. The zero-order valence-corrected chi connectivity index (χ0v) is 18.0. The molecule has 0 aromatic carbocycles. The van der Waals surface area contributed by atoms with Crippen LogP contribution in [0.25, 0.3) is 0 Å². The van der Waals surface area contributed by atoms with E-state index < -0.39 is 0 Å². The Morgan fingerprint density at radius 3 is 2.52 bits per heavy atom. The molecule has 1 heterocycles. The Kier molecular flexibility index (Phi) is 8.09.